The molecule has 0 spiro atoms. The molecule has 0 aliphatic rings. The molecule has 11 heteroatoms. The van der Waals surface area contributed by atoms with Crippen LogP contribution in [0.2, 0.25) is 0 Å². The molecule has 0 radical (unpaired) electrons. The number of carboxylic acids is 1. The minimum Gasteiger partial charge on any atom is -0.484 e. The lowest BCUT2D eigenvalue weighted by atomic mass is 10.1. The third-order valence-electron chi connectivity index (χ3n) is 3.36. The van der Waals surface area contributed by atoms with Gasteiger partial charge in [0.25, 0.3) is 4.92 Å². The topological polar surface area (TPSA) is 124 Å². The highest BCUT2D eigenvalue weighted by molar-refractivity contribution is 7.99. The van der Waals surface area contributed by atoms with Crippen LogP contribution in [0, 0.1) is 4.91 Å². The molecule has 0 fully saturated rings. The predicted octanol–water partition coefficient (Wildman–Crippen LogP) is 2.47. The molecule has 0 saturated heterocycles. The van der Waals surface area contributed by atoms with Gasteiger partial charge in [0.05, 0.1) is 23.3 Å². The summed E-state index contributed by atoms with van der Waals surface area (Å²) in [4.78, 5) is 39.7. The van der Waals surface area contributed by atoms with E-state index in [2.05, 4.69) is 10.2 Å². The molecule has 10 nitrogen and oxygen atoms in total. The first-order valence-electron chi connectivity index (χ1n) is 8.32. The standard InChI is InChI=1S/C17H20N4O6S/c1-10(2)27-14-6-5-12(7-13(14)21(25)26-4)16-18-19-17(28-9-15(23)24)20(16)8-11(3)22/h5-7,10H,8-9H2,1-4H3/p+1. The molecule has 28 heavy (non-hydrogen) atoms. The number of carbonyl (C=O) groups excluding carboxylic acids is 1. The van der Waals surface area contributed by atoms with Crippen molar-refractivity contribution in [3.63, 3.8) is 0 Å². The van der Waals surface area contributed by atoms with Crippen LogP contribution in [-0.4, -0.2) is 55.5 Å². The summed E-state index contributed by atoms with van der Waals surface area (Å²) in [5.74, 6) is -0.733. The van der Waals surface area contributed by atoms with Crippen LogP contribution < -0.4 is 4.74 Å². The Morgan fingerprint density at radius 1 is 1.32 bits per heavy atom. The van der Waals surface area contributed by atoms with Crippen LogP contribution >= 0.6 is 11.8 Å². The van der Waals surface area contributed by atoms with E-state index in [9.17, 15) is 14.5 Å². The van der Waals surface area contributed by atoms with Gasteiger partial charge >= 0.3 is 11.7 Å². The van der Waals surface area contributed by atoms with Crippen molar-refractivity contribution in [2.24, 2.45) is 0 Å². The molecule has 150 valence electrons. The van der Waals surface area contributed by atoms with Gasteiger partial charge < -0.3 is 9.84 Å². The Morgan fingerprint density at radius 2 is 2.04 bits per heavy atom. The minimum atomic E-state index is -1.01. The largest absolute Gasteiger partial charge is 0.484 e. The molecule has 1 aromatic heterocycles. The first-order chi connectivity index (χ1) is 13.2. The van der Waals surface area contributed by atoms with E-state index in [0.717, 1.165) is 11.8 Å². The molecule has 1 N–H and O–H groups in total. The Hall–Kier alpha value is -2.95. The van der Waals surface area contributed by atoms with E-state index in [-0.39, 0.29) is 29.9 Å². The number of carboxylic acid groups (broad SMARTS) is 1. The summed E-state index contributed by atoms with van der Waals surface area (Å²) in [6.07, 6.45) is -0.157. The van der Waals surface area contributed by atoms with E-state index in [0.29, 0.717) is 27.2 Å². The van der Waals surface area contributed by atoms with Crippen LogP contribution in [0.3, 0.4) is 0 Å². The molecule has 0 unspecified atom stereocenters. The third kappa shape index (κ3) is 5.28. The van der Waals surface area contributed by atoms with Gasteiger partial charge in [-0.1, -0.05) is 11.8 Å². The summed E-state index contributed by atoms with van der Waals surface area (Å²) < 4.78 is 7.15. The number of hydrogen-bond donors (Lipinski definition) is 1. The first-order valence-corrected chi connectivity index (χ1v) is 9.31. The number of aliphatic carboxylic acids is 1. The maximum Gasteiger partial charge on any atom is 0.358 e. The minimum absolute atomic E-state index is 0.0325. The predicted molar refractivity (Wildman–Crippen MR) is 101 cm³/mol. The summed E-state index contributed by atoms with van der Waals surface area (Å²) in [6, 6.07) is 4.79. The van der Waals surface area contributed by atoms with Crippen molar-refractivity contribution in [2.75, 3.05) is 12.9 Å². The van der Waals surface area contributed by atoms with E-state index < -0.39 is 5.97 Å². The summed E-state index contributed by atoms with van der Waals surface area (Å²) >= 11 is 0.955. The Labute approximate surface area is 165 Å². The normalized spacial score (nSPS) is 10.8. The quantitative estimate of drug-likeness (QED) is 0.465. The van der Waals surface area contributed by atoms with Crippen molar-refractivity contribution in [1.82, 2.24) is 14.8 Å². The van der Waals surface area contributed by atoms with Crippen molar-refractivity contribution < 1.29 is 29.2 Å². The lowest BCUT2D eigenvalue weighted by molar-refractivity contribution is -0.736. The number of thioether (sulfide) groups is 1. The lowest BCUT2D eigenvalue weighted by Gasteiger charge is -2.11. The van der Waals surface area contributed by atoms with E-state index >= 15 is 0 Å². The number of ketones is 1. The summed E-state index contributed by atoms with van der Waals surface area (Å²) in [7, 11) is 1.23. The van der Waals surface area contributed by atoms with Crippen LogP contribution in [-0.2, 0) is 21.0 Å². The maximum absolute atomic E-state index is 12.1. The highest BCUT2D eigenvalue weighted by Gasteiger charge is 2.26. The summed E-state index contributed by atoms with van der Waals surface area (Å²) in [5, 5.41) is 17.2. The fraction of sp³-hybridized carbons (Fsp3) is 0.412. The van der Waals surface area contributed by atoms with Gasteiger partial charge in [-0.15, -0.1) is 10.2 Å². The van der Waals surface area contributed by atoms with E-state index in [1.807, 2.05) is 13.8 Å². The Bertz CT molecular complexity index is 896. The van der Waals surface area contributed by atoms with Crippen molar-refractivity contribution in [2.45, 2.75) is 38.6 Å². The second kappa shape index (κ2) is 9.31. The van der Waals surface area contributed by atoms with Crippen molar-refractivity contribution in [3.8, 4) is 17.1 Å². The van der Waals surface area contributed by atoms with Crippen LogP contribution in [0.5, 0.6) is 5.75 Å². The number of rotatable bonds is 10. The van der Waals surface area contributed by atoms with Crippen LogP contribution in [0.15, 0.2) is 23.4 Å². The van der Waals surface area contributed by atoms with Gasteiger partial charge in [0.1, 0.15) is 5.78 Å². The second-order valence-corrected chi connectivity index (χ2v) is 7.01. The number of aromatic nitrogens is 3. The molecule has 0 bridgehead atoms. The second-order valence-electron chi connectivity index (χ2n) is 6.07. The summed E-state index contributed by atoms with van der Waals surface area (Å²) in [5.41, 5.74) is 0.630. The van der Waals surface area contributed by atoms with Gasteiger partial charge in [-0.25, -0.2) is 4.84 Å². The van der Waals surface area contributed by atoms with Crippen LogP contribution in [0.1, 0.15) is 20.8 Å². The highest BCUT2D eigenvalue weighted by atomic mass is 32.2. The van der Waals surface area contributed by atoms with Crippen molar-refractivity contribution in [3.05, 3.63) is 23.1 Å². The number of nitrogens with zero attached hydrogens (tertiary/aromatic N) is 4. The SMILES string of the molecule is CO[N+](=O)c1cc(-c2nnc(SCC(=O)O)n2CC(C)=O)ccc1OC(C)C. The number of Topliss-reactive ketones (excluding diaryl/α,β-unsaturated/α-hetero) is 1. The maximum atomic E-state index is 12.1. The zero-order chi connectivity index (χ0) is 20.8. The van der Waals surface area contributed by atoms with Crippen molar-refractivity contribution in [1.29, 1.82) is 0 Å². The molecular formula is C17H21N4O6S+. The lowest BCUT2D eigenvalue weighted by Crippen LogP contribution is -2.11. The summed E-state index contributed by atoms with van der Waals surface area (Å²) in [6.45, 7) is 5.03. The zero-order valence-corrected chi connectivity index (χ0v) is 16.7. The van der Waals surface area contributed by atoms with Gasteiger partial charge in [-0.2, -0.15) is 0 Å². The fourth-order valence-electron chi connectivity index (χ4n) is 2.35. The van der Waals surface area contributed by atoms with Gasteiger partial charge in [0.15, 0.2) is 18.1 Å². The number of carbonyl (C=O) groups is 2. The van der Waals surface area contributed by atoms with Gasteiger partial charge in [-0.3, -0.25) is 14.2 Å². The Morgan fingerprint density at radius 3 is 2.61 bits per heavy atom. The van der Waals surface area contributed by atoms with Gasteiger partial charge in [0, 0.05) is 11.6 Å². The smallest absolute Gasteiger partial charge is 0.358 e. The van der Waals surface area contributed by atoms with Gasteiger partial charge in [0.2, 0.25) is 5.75 Å². The van der Waals surface area contributed by atoms with Gasteiger partial charge in [-0.05, 0) is 32.9 Å². The van der Waals surface area contributed by atoms with E-state index in [4.69, 9.17) is 14.7 Å². The Balaban J connectivity index is 2.52. The molecule has 0 aliphatic heterocycles. The number of hydrogen-bond acceptors (Lipinski definition) is 8. The molecule has 0 saturated carbocycles. The van der Waals surface area contributed by atoms with E-state index in [1.165, 1.54) is 24.7 Å². The molecular weight excluding hydrogens is 388 g/mol. The highest BCUT2D eigenvalue weighted by Crippen LogP contribution is 2.34. The third-order valence-corrected chi connectivity index (χ3v) is 4.32. The molecule has 0 atom stereocenters. The monoisotopic (exact) mass is 409 g/mol. The number of benzene rings is 1. The average molecular weight is 409 g/mol. The average Bonchev–Trinajstić information content (AvgIpc) is 3.01. The fourth-order valence-corrected chi connectivity index (χ4v) is 3.01. The van der Waals surface area contributed by atoms with Crippen LogP contribution in [0.4, 0.5) is 5.69 Å². The number of ether oxygens (including phenoxy) is 1. The first kappa shape index (κ1) is 21.4. The zero-order valence-electron chi connectivity index (χ0n) is 15.9. The van der Waals surface area contributed by atoms with E-state index in [1.54, 1.807) is 12.1 Å². The molecule has 2 rings (SSSR count). The molecule has 1 aromatic carbocycles. The Kier molecular flexibility index (Phi) is 7.10. The van der Waals surface area contributed by atoms with Crippen molar-refractivity contribution >= 4 is 29.2 Å². The molecule has 0 amide bonds. The van der Waals surface area contributed by atoms with Crippen LogP contribution in [0.25, 0.3) is 11.4 Å². The molecule has 1 heterocycles. The molecule has 2 aromatic rings. The molecule has 0 aliphatic carbocycles.